The molecule has 30 heavy (non-hydrogen) atoms. The number of fused-ring (bicyclic) bond motifs is 1. The van der Waals surface area contributed by atoms with E-state index in [4.69, 9.17) is 4.74 Å². The quantitative estimate of drug-likeness (QED) is 0.489. The molecule has 6 nitrogen and oxygen atoms in total. The minimum Gasteiger partial charge on any atom is -0.497 e. The van der Waals surface area contributed by atoms with E-state index in [9.17, 15) is 21.6 Å². The van der Waals surface area contributed by atoms with E-state index in [2.05, 4.69) is 21.0 Å². The van der Waals surface area contributed by atoms with E-state index in [1.54, 1.807) is 43.3 Å². The third-order valence-corrected chi connectivity index (χ3v) is 6.23. The number of aryl methyl sites for hydroxylation is 1. The van der Waals surface area contributed by atoms with Crippen LogP contribution in [0.15, 0.2) is 40.9 Å². The first-order valence-corrected chi connectivity index (χ1v) is 11.4. The second-order valence-electron chi connectivity index (χ2n) is 6.80. The fourth-order valence-electron chi connectivity index (χ4n) is 3.12. The molecule has 3 aromatic rings. The van der Waals surface area contributed by atoms with E-state index in [1.165, 1.54) is 7.11 Å². The zero-order valence-corrected chi connectivity index (χ0v) is 18.8. The molecule has 0 aliphatic carbocycles. The molecule has 0 aliphatic heterocycles. The molecular weight excluding hydrogens is 487 g/mol. The minimum absolute atomic E-state index is 0.0497. The number of benzene rings is 2. The van der Waals surface area contributed by atoms with Crippen LogP contribution in [0.5, 0.6) is 5.75 Å². The van der Waals surface area contributed by atoms with Gasteiger partial charge in [0.2, 0.25) is 10.0 Å². The monoisotopic (exact) mass is 505 g/mol. The number of halogens is 4. The van der Waals surface area contributed by atoms with Gasteiger partial charge in [0.25, 0.3) is 0 Å². The predicted octanol–water partition coefficient (Wildman–Crippen LogP) is 4.64. The van der Waals surface area contributed by atoms with Gasteiger partial charge in [-0.15, -0.1) is 0 Å². The van der Waals surface area contributed by atoms with Crippen LogP contribution in [0.4, 0.5) is 19.0 Å². The van der Waals surface area contributed by atoms with E-state index >= 15 is 0 Å². The highest BCUT2D eigenvalue weighted by Gasteiger charge is 2.33. The average Bonchev–Trinajstić information content (AvgIpc) is 3.00. The summed E-state index contributed by atoms with van der Waals surface area (Å²) in [7, 11) is -2.34. The van der Waals surface area contributed by atoms with Crippen LogP contribution in [0.3, 0.4) is 0 Å². The molecule has 0 amide bonds. The highest BCUT2D eigenvalue weighted by atomic mass is 79.9. The van der Waals surface area contributed by atoms with Gasteiger partial charge in [-0.2, -0.15) is 18.3 Å². The molecule has 0 N–H and O–H groups in total. The van der Waals surface area contributed by atoms with E-state index in [1.807, 2.05) is 0 Å². The van der Waals surface area contributed by atoms with Crippen molar-refractivity contribution in [2.45, 2.75) is 26.2 Å². The molecule has 0 saturated heterocycles. The first-order valence-electron chi connectivity index (χ1n) is 8.73. The summed E-state index contributed by atoms with van der Waals surface area (Å²) >= 11 is 3.28. The van der Waals surface area contributed by atoms with Crippen LogP contribution in [0.2, 0.25) is 0 Å². The fourth-order valence-corrected chi connectivity index (χ4v) is 4.48. The molecule has 2 aromatic carbocycles. The van der Waals surface area contributed by atoms with Gasteiger partial charge in [-0.3, -0.25) is 4.68 Å². The summed E-state index contributed by atoms with van der Waals surface area (Å²) < 4.78 is 72.0. The predicted molar refractivity (Wildman–Crippen MR) is 112 cm³/mol. The van der Waals surface area contributed by atoms with E-state index < -0.39 is 22.7 Å². The number of sulfonamides is 1. The first kappa shape index (κ1) is 22.4. The summed E-state index contributed by atoms with van der Waals surface area (Å²) in [5, 5.41) is 4.42. The van der Waals surface area contributed by atoms with Crippen LogP contribution in [0.25, 0.3) is 10.9 Å². The summed E-state index contributed by atoms with van der Waals surface area (Å²) in [5.74, 6) is 0.552. The summed E-state index contributed by atoms with van der Waals surface area (Å²) in [4.78, 5) is 0. The van der Waals surface area contributed by atoms with Gasteiger partial charge in [0.1, 0.15) is 12.3 Å². The Bertz CT molecular complexity index is 1180. The van der Waals surface area contributed by atoms with Crippen molar-refractivity contribution in [1.29, 1.82) is 0 Å². The molecule has 0 aliphatic rings. The van der Waals surface area contributed by atoms with Crippen LogP contribution in [-0.2, 0) is 23.1 Å². The van der Waals surface area contributed by atoms with Crippen molar-refractivity contribution in [3.8, 4) is 5.75 Å². The third kappa shape index (κ3) is 4.72. The number of aromatic nitrogens is 2. The van der Waals surface area contributed by atoms with Crippen molar-refractivity contribution in [2.75, 3.05) is 17.7 Å². The second-order valence-corrected chi connectivity index (χ2v) is 9.56. The Morgan fingerprint density at radius 3 is 2.33 bits per heavy atom. The van der Waals surface area contributed by atoms with Crippen LogP contribution in [0, 0.1) is 6.92 Å². The lowest BCUT2D eigenvalue weighted by Gasteiger charge is -2.21. The number of hydrogen-bond donors (Lipinski definition) is 0. The Balaban J connectivity index is 2.20. The molecule has 162 valence electrons. The van der Waals surface area contributed by atoms with Crippen LogP contribution in [0.1, 0.15) is 11.1 Å². The Morgan fingerprint density at radius 1 is 1.17 bits per heavy atom. The zero-order valence-electron chi connectivity index (χ0n) is 16.4. The number of alkyl halides is 3. The lowest BCUT2D eigenvalue weighted by Crippen LogP contribution is -2.30. The molecule has 0 bridgehead atoms. The van der Waals surface area contributed by atoms with Gasteiger partial charge in [-0.25, -0.2) is 12.7 Å². The van der Waals surface area contributed by atoms with Crippen molar-refractivity contribution >= 4 is 42.7 Å². The van der Waals surface area contributed by atoms with Crippen molar-refractivity contribution in [1.82, 2.24) is 9.78 Å². The zero-order chi connectivity index (χ0) is 22.3. The SMILES string of the molecule is COc1ccc(CN(c2nn(CC(F)(F)F)c3c(Br)ccc(C)c23)S(C)(=O)=O)cc1. The van der Waals surface area contributed by atoms with Crippen molar-refractivity contribution in [2.24, 2.45) is 0 Å². The molecule has 11 heteroatoms. The minimum atomic E-state index is -4.52. The van der Waals surface area contributed by atoms with Crippen molar-refractivity contribution in [3.05, 3.63) is 52.0 Å². The van der Waals surface area contributed by atoms with Gasteiger partial charge in [0, 0.05) is 9.86 Å². The molecule has 1 heterocycles. The topological polar surface area (TPSA) is 64.4 Å². The Labute approximate surface area is 180 Å². The Kier molecular flexibility index (Phi) is 6.06. The van der Waals surface area contributed by atoms with Gasteiger partial charge in [-0.05, 0) is 52.2 Å². The molecule has 0 unspecified atom stereocenters. The maximum Gasteiger partial charge on any atom is 0.408 e. The first-order chi connectivity index (χ1) is 13.9. The molecule has 1 aromatic heterocycles. The highest BCUT2D eigenvalue weighted by molar-refractivity contribution is 9.10. The van der Waals surface area contributed by atoms with Crippen LogP contribution >= 0.6 is 15.9 Å². The molecule has 3 rings (SSSR count). The van der Waals surface area contributed by atoms with Crippen molar-refractivity contribution in [3.63, 3.8) is 0 Å². The van der Waals surface area contributed by atoms with E-state index in [-0.39, 0.29) is 17.9 Å². The average molecular weight is 506 g/mol. The number of methoxy groups -OCH3 is 1. The van der Waals surface area contributed by atoms with E-state index in [0.717, 1.165) is 15.2 Å². The number of anilines is 1. The molecule has 0 atom stereocenters. The van der Waals surface area contributed by atoms with Gasteiger partial charge < -0.3 is 4.74 Å². The van der Waals surface area contributed by atoms with Gasteiger partial charge in [0.15, 0.2) is 5.82 Å². The van der Waals surface area contributed by atoms with Crippen LogP contribution in [-0.4, -0.2) is 37.7 Å². The lowest BCUT2D eigenvalue weighted by atomic mass is 10.1. The standard InChI is InChI=1S/C19H19BrF3N3O3S/c1-12-4-9-15(20)17-16(12)18(24-25(17)11-19(21,22)23)26(30(3,27)28)10-13-5-7-14(29-2)8-6-13/h4-9H,10-11H2,1-3H3. The Hall–Kier alpha value is -2.27. The van der Waals surface area contributed by atoms with Gasteiger partial charge >= 0.3 is 6.18 Å². The maximum atomic E-state index is 13.1. The lowest BCUT2D eigenvalue weighted by molar-refractivity contribution is -0.141. The van der Waals surface area contributed by atoms with E-state index in [0.29, 0.717) is 26.7 Å². The smallest absolute Gasteiger partial charge is 0.408 e. The largest absolute Gasteiger partial charge is 0.497 e. The highest BCUT2D eigenvalue weighted by Crippen LogP contribution is 2.37. The van der Waals surface area contributed by atoms with Gasteiger partial charge in [-0.1, -0.05) is 18.2 Å². The summed E-state index contributed by atoms with van der Waals surface area (Å²) in [5.41, 5.74) is 1.43. The number of ether oxygens (including phenoxy) is 1. The molecule has 0 fully saturated rings. The fraction of sp³-hybridized carbons (Fsp3) is 0.316. The maximum absolute atomic E-state index is 13.1. The molecule has 0 saturated carbocycles. The number of nitrogens with zero attached hydrogens (tertiary/aromatic N) is 3. The number of hydrogen-bond acceptors (Lipinski definition) is 4. The van der Waals surface area contributed by atoms with Gasteiger partial charge in [0.05, 0.1) is 25.4 Å². The normalized spacial score (nSPS) is 12.4. The summed E-state index contributed by atoms with van der Waals surface area (Å²) in [6.45, 7) is 0.268. The summed E-state index contributed by atoms with van der Waals surface area (Å²) in [6.07, 6.45) is -3.52. The molecular formula is C19H19BrF3N3O3S. The number of rotatable bonds is 6. The molecule has 0 radical (unpaired) electrons. The van der Waals surface area contributed by atoms with Crippen molar-refractivity contribution < 1.29 is 26.3 Å². The molecule has 0 spiro atoms. The summed E-state index contributed by atoms with van der Waals surface area (Å²) in [6, 6.07) is 10.0. The Morgan fingerprint density at radius 2 is 1.80 bits per heavy atom. The second kappa shape index (κ2) is 8.10. The third-order valence-electron chi connectivity index (χ3n) is 4.49. The van der Waals surface area contributed by atoms with Crippen LogP contribution < -0.4 is 9.04 Å².